The first-order valence-electron chi connectivity index (χ1n) is 22.5. The Balaban J connectivity index is 0.000000174. The number of thiocarbonyl (C=S) groups is 2. The van der Waals surface area contributed by atoms with E-state index in [1.54, 1.807) is 36.8 Å². The highest BCUT2D eigenvalue weighted by atomic mass is 32.1. The number of amides is 4. The highest BCUT2D eigenvalue weighted by molar-refractivity contribution is 7.80. The van der Waals surface area contributed by atoms with Crippen molar-refractivity contribution in [3.8, 4) is 6.07 Å². The smallest absolute Gasteiger partial charge is 0.262 e. The molecule has 0 saturated carbocycles. The summed E-state index contributed by atoms with van der Waals surface area (Å²) in [7, 11) is 7.67. The molecule has 17 heteroatoms. The van der Waals surface area contributed by atoms with E-state index < -0.39 is 0 Å². The van der Waals surface area contributed by atoms with Gasteiger partial charge in [-0.15, -0.1) is 0 Å². The van der Waals surface area contributed by atoms with Gasteiger partial charge in [0, 0.05) is 77.1 Å². The number of rotatable bonds is 11. The Labute approximate surface area is 421 Å². The van der Waals surface area contributed by atoms with Crippen molar-refractivity contribution in [2.45, 2.75) is 20.0 Å². The number of benzene rings is 6. The molecule has 2 aliphatic heterocycles. The van der Waals surface area contributed by atoms with Crippen molar-refractivity contribution in [3.05, 3.63) is 155 Å². The average molecular weight is 986 g/mol. The molecule has 0 radical (unpaired) electrons. The third-order valence-corrected chi connectivity index (χ3v) is 12.0. The zero-order chi connectivity index (χ0) is 50.8. The van der Waals surface area contributed by atoms with E-state index in [1.165, 1.54) is 16.7 Å². The first-order chi connectivity index (χ1) is 34.3. The molecule has 15 nitrogen and oxygen atoms in total. The van der Waals surface area contributed by atoms with E-state index in [1.807, 2.05) is 129 Å². The first kappa shape index (κ1) is 50.8. The third kappa shape index (κ3) is 11.2. The number of carbonyl (C=O) groups excluding carboxylic acids is 4. The Morgan fingerprint density at radius 1 is 0.662 bits per heavy atom. The second-order valence-electron chi connectivity index (χ2n) is 16.9. The number of nitrogen functional groups attached to an aromatic ring is 1. The molecule has 0 saturated heterocycles. The number of isothiocyanates is 1. The van der Waals surface area contributed by atoms with Crippen molar-refractivity contribution in [3.63, 3.8) is 0 Å². The second kappa shape index (κ2) is 23.0. The Morgan fingerprint density at radius 2 is 1.13 bits per heavy atom. The van der Waals surface area contributed by atoms with Crippen molar-refractivity contribution >= 4 is 113 Å². The Kier molecular flexibility index (Phi) is 16.4. The molecule has 8 aromatic rings. The fraction of sp³-hybridized carbons (Fsp3) is 0.204. The van der Waals surface area contributed by atoms with Crippen LogP contribution in [0.3, 0.4) is 0 Å². The Hall–Kier alpha value is -8.10. The number of aliphatic imine (C=N–C) groups is 1. The maximum absolute atomic E-state index is 13.8. The van der Waals surface area contributed by atoms with Gasteiger partial charge in [0.1, 0.15) is 18.1 Å². The van der Waals surface area contributed by atoms with Crippen LogP contribution in [-0.2, 0) is 13.1 Å². The molecule has 0 fully saturated rings. The fourth-order valence-electron chi connectivity index (χ4n) is 8.39. The quantitative estimate of drug-likeness (QED) is 0.0365. The minimum Gasteiger partial charge on any atom is -0.467 e. The third-order valence-electron chi connectivity index (χ3n) is 11.6. The number of furan rings is 2. The van der Waals surface area contributed by atoms with Gasteiger partial charge in [0.25, 0.3) is 23.6 Å². The fourth-order valence-corrected chi connectivity index (χ4v) is 8.64. The number of nitrogens with one attached hydrogen (secondary N) is 2. The molecule has 0 bridgehead atoms. The molecular formula is C54H51N9O6S2. The van der Waals surface area contributed by atoms with Crippen LogP contribution < -0.4 is 16.4 Å². The number of imide groups is 2. The van der Waals surface area contributed by atoms with Gasteiger partial charge in [0.15, 0.2) is 5.11 Å². The number of nitriles is 1. The lowest BCUT2D eigenvalue weighted by atomic mass is 9.89. The molecule has 4 N–H and O–H groups in total. The highest BCUT2D eigenvalue weighted by Crippen LogP contribution is 2.40. The highest BCUT2D eigenvalue weighted by Gasteiger charge is 2.36. The zero-order valence-electron chi connectivity index (χ0n) is 39.8. The van der Waals surface area contributed by atoms with Crippen molar-refractivity contribution in [1.29, 1.82) is 5.26 Å². The molecule has 0 atom stereocenters. The number of carbonyl (C=O) groups is 4. The maximum atomic E-state index is 13.8. The number of hydrogen-bond acceptors (Lipinski definition) is 13. The van der Waals surface area contributed by atoms with Crippen LogP contribution in [0.2, 0.25) is 0 Å². The summed E-state index contributed by atoms with van der Waals surface area (Å²) >= 11 is 9.88. The monoisotopic (exact) mass is 985 g/mol. The van der Waals surface area contributed by atoms with Crippen molar-refractivity contribution < 1.29 is 28.0 Å². The predicted molar refractivity (Wildman–Crippen MR) is 286 cm³/mol. The predicted octanol–water partition coefficient (Wildman–Crippen LogP) is 9.38. The summed E-state index contributed by atoms with van der Waals surface area (Å²) in [6.07, 6.45) is 3.22. The van der Waals surface area contributed by atoms with E-state index >= 15 is 0 Å². The Morgan fingerprint density at radius 3 is 1.62 bits per heavy atom. The first-order valence-corrected chi connectivity index (χ1v) is 23.3. The number of likely N-dealkylation sites (N-methyl/N-ethyl adjacent to an activating group) is 2. The van der Waals surface area contributed by atoms with Crippen molar-refractivity contribution in [2.75, 3.05) is 65.4 Å². The standard InChI is InChI=1S/C26H24N4O3S.C20H19N3O2.C6H5NOS.C2H3N/c1-29(2)11-12-30-24(31)19-9-3-6-16-14-17-7-4-10-20(22(17)23(21(16)19)25(30)32)28-26(34)27-15-18-8-5-13-33-18;1-22(2)9-10-23-19(24)14-7-3-5-12-11-13-6-4-8-15(21)17(13)18(16(12)14)20(23)25;9-5-7-4-6-2-1-3-8-6;1-2-3/h3-10,13-14H,11-12,15H2,1-2H3,(H2,27,28,34);3-8,11H,9-10,21H2,1-2H3;1-3H,4H2;1H3. The van der Waals surface area contributed by atoms with E-state index in [0.29, 0.717) is 88.8 Å². The van der Waals surface area contributed by atoms with Crippen LogP contribution in [0.25, 0.3) is 43.1 Å². The number of anilines is 2. The van der Waals surface area contributed by atoms with Gasteiger partial charge in [-0.2, -0.15) is 5.26 Å². The van der Waals surface area contributed by atoms with Crippen LogP contribution in [0, 0.1) is 11.3 Å². The van der Waals surface area contributed by atoms with Crippen LogP contribution in [-0.4, -0.2) is 108 Å². The molecule has 4 heterocycles. The topological polar surface area (TPSA) is 194 Å². The lowest BCUT2D eigenvalue weighted by molar-refractivity contribution is 0.0587. The van der Waals surface area contributed by atoms with E-state index in [9.17, 15) is 19.2 Å². The van der Waals surface area contributed by atoms with E-state index in [4.69, 9.17) is 32.0 Å². The molecule has 10 rings (SSSR count). The van der Waals surface area contributed by atoms with E-state index in [2.05, 4.69) is 33.0 Å². The summed E-state index contributed by atoms with van der Waals surface area (Å²) in [5.41, 5.74) is 9.63. The molecule has 360 valence electrons. The van der Waals surface area contributed by atoms with Gasteiger partial charge in [-0.1, -0.05) is 48.5 Å². The van der Waals surface area contributed by atoms with Gasteiger partial charge < -0.3 is 35.0 Å². The molecule has 6 aromatic carbocycles. The maximum Gasteiger partial charge on any atom is 0.262 e. The van der Waals surface area contributed by atoms with Crippen molar-refractivity contribution in [1.82, 2.24) is 24.9 Å². The van der Waals surface area contributed by atoms with Crippen molar-refractivity contribution in [2.24, 2.45) is 4.99 Å². The summed E-state index contributed by atoms with van der Waals surface area (Å²) in [4.78, 5) is 63.4. The van der Waals surface area contributed by atoms with Gasteiger partial charge >= 0.3 is 0 Å². The molecule has 0 spiro atoms. The molecule has 2 aliphatic rings. The van der Waals surface area contributed by atoms with Crippen LogP contribution in [0.4, 0.5) is 11.4 Å². The average Bonchev–Trinajstić information content (AvgIpc) is 4.09. The van der Waals surface area contributed by atoms with Gasteiger partial charge in [-0.05, 0) is 135 Å². The number of hydrogen-bond donors (Lipinski definition) is 3. The summed E-state index contributed by atoms with van der Waals surface area (Å²) in [5, 5.41) is 22.8. The van der Waals surface area contributed by atoms with Gasteiger partial charge in [0.05, 0.1) is 41.4 Å². The largest absolute Gasteiger partial charge is 0.467 e. The molecule has 0 aliphatic carbocycles. The van der Waals surface area contributed by atoms with Gasteiger partial charge in [0.2, 0.25) is 0 Å². The SMILES string of the molecule is CC#N.CN(C)CCN1C(=O)c2cccc3cc4cccc(N)c4c(c23)C1=O.CN(C)CCN1C(=O)c2cccc3cc4cccc(NC(=S)NCc5ccco5)c4c(c23)C1=O.S=C=NCc1ccco1. The van der Waals surface area contributed by atoms with Crippen LogP contribution in [0.1, 0.15) is 59.9 Å². The number of nitrogens with zero attached hydrogens (tertiary/aromatic N) is 6. The zero-order valence-corrected chi connectivity index (χ0v) is 41.4. The van der Waals surface area contributed by atoms with Gasteiger partial charge in [-0.3, -0.25) is 29.0 Å². The van der Waals surface area contributed by atoms with Gasteiger partial charge in [-0.25, -0.2) is 4.99 Å². The molecule has 2 aromatic heterocycles. The lowest BCUT2D eigenvalue weighted by Gasteiger charge is -2.29. The molecular weight excluding hydrogens is 935 g/mol. The van der Waals surface area contributed by atoms with Crippen LogP contribution in [0.15, 0.2) is 136 Å². The number of fused-ring (bicyclic) bond motifs is 4. The number of nitrogens with two attached hydrogens (primary N) is 1. The summed E-state index contributed by atoms with van der Waals surface area (Å²) in [5.74, 6) is 0.526. The summed E-state index contributed by atoms with van der Waals surface area (Å²) in [6.45, 7) is 4.23. The Bertz CT molecular complexity index is 3400. The van der Waals surface area contributed by atoms with Crippen LogP contribution >= 0.6 is 24.4 Å². The lowest BCUT2D eigenvalue weighted by Crippen LogP contribution is -2.43. The minimum atomic E-state index is -0.287. The normalized spacial score (nSPS) is 12.5. The minimum absolute atomic E-state index is 0.237. The van der Waals surface area contributed by atoms with Crippen LogP contribution in [0.5, 0.6) is 0 Å². The molecule has 71 heavy (non-hydrogen) atoms. The molecule has 0 unspecified atom stereocenters. The summed E-state index contributed by atoms with van der Waals surface area (Å²) in [6, 6.07) is 35.7. The second-order valence-corrected chi connectivity index (χ2v) is 17.5. The van der Waals surface area contributed by atoms with E-state index in [0.717, 1.165) is 43.8 Å². The van der Waals surface area contributed by atoms with E-state index in [-0.39, 0.29) is 23.6 Å². The molecule has 4 amide bonds. The summed E-state index contributed by atoms with van der Waals surface area (Å²) < 4.78 is 10.3.